The zero-order chi connectivity index (χ0) is 32.3. The number of halogens is 3. The van der Waals surface area contributed by atoms with Gasteiger partial charge in [0, 0.05) is 11.1 Å². The van der Waals surface area contributed by atoms with Gasteiger partial charge < -0.3 is 4.74 Å². The first-order chi connectivity index (χ1) is 22.5. The number of unbranched alkanes of at least 4 members (excludes halogenated alkanes) is 6. The Kier molecular flexibility index (Phi) is 12.6. The van der Waals surface area contributed by atoms with Crippen LogP contribution in [0.15, 0.2) is 72.8 Å². The summed E-state index contributed by atoms with van der Waals surface area (Å²) in [5.41, 5.74) is 4.15. The second-order valence-electron chi connectivity index (χ2n) is 13.4. The Morgan fingerprint density at radius 1 is 0.696 bits per heavy atom. The highest BCUT2D eigenvalue weighted by atomic mass is 19.2. The second kappa shape index (κ2) is 17.0. The standard InChI is InChI=1S/C42H51F3O/c1-3-5-6-7-8-9-10-28-46-40-27-26-38(41(44)42(40)45)35-22-18-33(19-23-35)36-24-25-37(39(43)29-36)34-20-16-32(17-21-34)31-14-12-30(11-4-2)13-15-31/h4,11,18-20,22-27,29-32H,3,5-10,12-17,21,28H2,1-2H3. The molecule has 3 aromatic rings. The fourth-order valence-corrected chi connectivity index (χ4v) is 7.51. The molecule has 1 fully saturated rings. The average molecular weight is 629 g/mol. The SMILES string of the molecule is CC=CC1CCC(C2CC=C(c3ccc(-c4ccc(-c5ccc(OCCCCCCCCC)c(F)c5F)cc4)cc3F)CC2)CC1. The normalized spacial score (nSPS) is 20.2. The molecule has 0 bridgehead atoms. The van der Waals surface area contributed by atoms with Gasteiger partial charge in [-0.05, 0) is 117 Å². The Labute approximate surface area is 275 Å². The van der Waals surface area contributed by atoms with Gasteiger partial charge in [-0.2, -0.15) is 4.39 Å². The smallest absolute Gasteiger partial charge is 0.201 e. The third kappa shape index (κ3) is 8.75. The van der Waals surface area contributed by atoms with Crippen LogP contribution in [0.2, 0.25) is 0 Å². The van der Waals surface area contributed by atoms with Crippen molar-refractivity contribution in [1.82, 2.24) is 0 Å². The van der Waals surface area contributed by atoms with E-state index in [0.717, 1.165) is 67.1 Å². The first kappa shape index (κ1) is 34.1. The van der Waals surface area contributed by atoms with Crippen LogP contribution in [0.1, 0.15) is 109 Å². The third-order valence-corrected chi connectivity index (χ3v) is 10.3. The monoisotopic (exact) mass is 628 g/mol. The zero-order valence-electron chi connectivity index (χ0n) is 27.8. The summed E-state index contributed by atoms with van der Waals surface area (Å²) in [5, 5.41) is 0. The molecule has 0 aliphatic heterocycles. The van der Waals surface area contributed by atoms with E-state index in [2.05, 4.69) is 32.1 Å². The van der Waals surface area contributed by atoms with Crippen LogP contribution in [0.25, 0.3) is 27.8 Å². The highest BCUT2D eigenvalue weighted by molar-refractivity contribution is 5.74. The van der Waals surface area contributed by atoms with Gasteiger partial charge in [0.1, 0.15) is 5.82 Å². The minimum absolute atomic E-state index is 0.0461. The zero-order valence-corrected chi connectivity index (χ0v) is 27.8. The molecule has 0 heterocycles. The molecule has 1 unspecified atom stereocenters. The maximum Gasteiger partial charge on any atom is 0.201 e. The van der Waals surface area contributed by atoms with Crippen molar-refractivity contribution in [1.29, 1.82) is 0 Å². The predicted octanol–water partition coefficient (Wildman–Crippen LogP) is 13.1. The van der Waals surface area contributed by atoms with Gasteiger partial charge in [0.05, 0.1) is 6.61 Å². The number of hydrogen-bond acceptors (Lipinski definition) is 1. The van der Waals surface area contributed by atoms with Crippen molar-refractivity contribution in [3.63, 3.8) is 0 Å². The van der Waals surface area contributed by atoms with Gasteiger partial charge in [-0.1, -0.05) is 100 Å². The summed E-state index contributed by atoms with van der Waals surface area (Å²) >= 11 is 0. The number of rotatable bonds is 14. The van der Waals surface area contributed by atoms with Crippen LogP contribution < -0.4 is 4.74 Å². The molecule has 0 spiro atoms. The van der Waals surface area contributed by atoms with Gasteiger partial charge in [0.2, 0.25) is 5.82 Å². The molecule has 1 saturated carbocycles. The van der Waals surface area contributed by atoms with E-state index >= 15 is 8.78 Å². The Morgan fingerprint density at radius 3 is 2.04 bits per heavy atom. The molecule has 46 heavy (non-hydrogen) atoms. The quantitative estimate of drug-likeness (QED) is 0.127. The van der Waals surface area contributed by atoms with Gasteiger partial charge in [-0.15, -0.1) is 0 Å². The van der Waals surface area contributed by atoms with Crippen molar-refractivity contribution in [2.45, 2.75) is 104 Å². The molecule has 0 N–H and O–H groups in total. The van der Waals surface area contributed by atoms with E-state index in [1.807, 2.05) is 24.3 Å². The summed E-state index contributed by atoms with van der Waals surface area (Å²) in [6.45, 7) is 4.69. The number of allylic oxidation sites excluding steroid dienone is 4. The number of benzene rings is 3. The summed E-state index contributed by atoms with van der Waals surface area (Å²) in [4.78, 5) is 0. The number of ether oxygens (including phenoxy) is 1. The maximum absolute atomic E-state index is 15.4. The van der Waals surface area contributed by atoms with Gasteiger partial charge in [0.25, 0.3) is 0 Å². The summed E-state index contributed by atoms with van der Waals surface area (Å²) in [6, 6.07) is 15.7. The third-order valence-electron chi connectivity index (χ3n) is 10.3. The Bertz CT molecular complexity index is 1460. The molecule has 1 atom stereocenters. The first-order valence-corrected chi connectivity index (χ1v) is 17.8. The topological polar surface area (TPSA) is 9.23 Å². The molecule has 0 amide bonds. The molecule has 2 aliphatic carbocycles. The first-order valence-electron chi connectivity index (χ1n) is 17.8. The van der Waals surface area contributed by atoms with E-state index < -0.39 is 11.6 Å². The van der Waals surface area contributed by atoms with Crippen LogP contribution in [-0.2, 0) is 0 Å². The van der Waals surface area contributed by atoms with E-state index in [1.54, 1.807) is 24.3 Å². The lowest BCUT2D eigenvalue weighted by Crippen LogP contribution is -2.22. The highest BCUT2D eigenvalue weighted by Gasteiger charge is 2.28. The van der Waals surface area contributed by atoms with Crippen LogP contribution in [0, 0.1) is 35.2 Å². The van der Waals surface area contributed by atoms with E-state index in [-0.39, 0.29) is 17.1 Å². The van der Waals surface area contributed by atoms with Crippen LogP contribution in [0.3, 0.4) is 0 Å². The van der Waals surface area contributed by atoms with Gasteiger partial charge in [0.15, 0.2) is 11.6 Å². The fourth-order valence-electron chi connectivity index (χ4n) is 7.51. The van der Waals surface area contributed by atoms with Crippen molar-refractivity contribution in [3.8, 4) is 28.0 Å². The van der Waals surface area contributed by atoms with E-state index in [1.165, 1.54) is 57.4 Å². The average Bonchev–Trinajstić information content (AvgIpc) is 3.08. The lowest BCUT2D eigenvalue weighted by atomic mass is 9.71. The summed E-state index contributed by atoms with van der Waals surface area (Å²) < 4.78 is 50.9. The Morgan fingerprint density at radius 2 is 1.37 bits per heavy atom. The van der Waals surface area contributed by atoms with Gasteiger partial charge in [-0.25, -0.2) is 8.78 Å². The molecule has 246 valence electrons. The highest BCUT2D eigenvalue weighted by Crippen LogP contribution is 2.42. The Hall–Kier alpha value is -3.27. The van der Waals surface area contributed by atoms with Crippen LogP contribution >= 0.6 is 0 Å². The number of hydrogen-bond donors (Lipinski definition) is 0. The lowest BCUT2D eigenvalue weighted by Gasteiger charge is -2.35. The van der Waals surface area contributed by atoms with Crippen molar-refractivity contribution >= 4 is 5.57 Å². The summed E-state index contributed by atoms with van der Waals surface area (Å²) in [7, 11) is 0. The largest absolute Gasteiger partial charge is 0.490 e. The van der Waals surface area contributed by atoms with Crippen LogP contribution in [0.5, 0.6) is 5.75 Å². The lowest BCUT2D eigenvalue weighted by molar-refractivity contribution is 0.212. The fraction of sp³-hybridized carbons (Fsp3) is 0.476. The maximum atomic E-state index is 15.4. The molecule has 0 saturated heterocycles. The van der Waals surface area contributed by atoms with Crippen molar-refractivity contribution in [3.05, 3.63) is 95.8 Å². The van der Waals surface area contributed by atoms with Crippen molar-refractivity contribution in [2.24, 2.45) is 17.8 Å². The molecule has 1 nitrogen and oxygen atoms in total. The van der Waals surface area contributed by atoms with Crippen LogP contribution in [-0.4, -0.2) is 6.61 Å². The molecular weight excluding hydrogens is 577 g/mol. The Balaban J connectivity index is 1.16. The molecule has 0 radical (unpaired) electrons. The summed E-state index contributed by atoms with van der Waals surface area (Å²) in [6.07, 6.45) is 23.1. The van der Waals surface area contributed by atoms with Gasteiger partial charge in [-0.3, -0.25) is 0 Å². The van der Waals surface area contributed by atoms with E-state index in [4.69, 9.17) is 4.74 Å². The molecular formula is C42H51F3O. The van der Waals surface area contributed by atoms with Crippen molar-refractivity contribution < 1.29 is 17.9 Å². The molecule has 3 aromatic carbocycles. The minimum atomic E-state index is -0.956. The molecule has 0 aromatic heterocycles. The van der Waals surface area contributed by atoms with E-state index in [0.29, 0.717) is 23.7 Å². The minimum Gasteiger partial charge on any atom is -0.490 e. The molecule has 4 heteroatoms. The van der Waals surface area contributed by atoms with E-state index in [9.17, 15) is 4.39 Å². The van der Waals surface area contributed by atoms with Crippen molar-refractivity contribution in [2.75, 3.05) is 6.61 Å². The van der Waals surface area contributed by atoms with Crippen LogP contribution in [0.4, 0.5) is 13.2 Å². The van der Waals surface area contributed by atoms with Gasteiger partial charge >= 0.3 is 0 Å². The predicted molar refractivity (Wildman–Crippen MR) is 186 cm³/mol. The molecule has 5 rings (SSSR count). The summed E-state index contributed by atoms with van der Waals surface area (Å²) in [5.74, 6) is 0.138. The molecule has 2 aliphatic rings. The second-order valence-corrected chi connectivity index (χ2v) is 13.4.